The molecule has 22 heavy (non-hydrogen) atoms. The van der Waals surface area contributed by atoms with Crippen molar-refractivity contribution < 1.29 is 9.53 Å². The molecular weight excluding hydrogens is 300 g/mol. The molecule has 0 unspecified atom stereocenters. The third-order valence-corrected chi connectivity index (χ3v) is 4.07. The highest BCUT2D eigenvalue weighted by Crippen LogP contribution is 2.20. The van der Waals surface area contributed by atoms with E-state index in [-0.39, 0.29) is 18.3 Å². The van der Waals surface area contributed by atoms with Crippen molar-refractivity contribution in [1.29, 1.82) is 0 Å². The molecule has 2 rings (SSSR count). The average Bonchev–Trinajstić information content (AvgIpc) is 2.53. The second kappa shape index (κ2) is 9.70. The number of rotatable bonds is 6. The van der Waals surface area contributed by atoms with Gasteiger partial charge in [-0.2, -0.15) is 0 Å². The zero-order chi connectivity index (χ0) is 15.1. The van der Waals surface area contributed by atoms with Crippen molar-refractivity contribution in [2.45, 2.75) is 38.6 Å². The van der Waals surface area contributed by atoms with Gasteiger partial charge >= 0.3 is 0 Å². The highest BCUT2D eigenvalue weighted by Gasteiger charge is 2.25. The first-order valence-electron chi connectivity index (χ1n) is 7.88. The number of nitrogens with one attached hydrogen (secondary N) is 1. The molecule has 1 amide bonds. The molecule has 0 aliphatic carbocycles. The Labute approximate surface area is 139 Å². The molecular formula is C17H27ClN2O2. The van der Waals surface area contributed by atoms with Crippen LogP contribution < -0.4 is 10.1 Å². The first-order chi connectivity index (χ1) is 10.3. The Morgan fingerprint density at radius 3 is 2.64 bits per heavy atom. The average molecular weight is 327 g/mol. The van der Waals surface area contributed by atoms with Crippen LogP contribution in [0.5, 0.6) is 5.75 Å². The number of carbonyl (C=O) groups is 1. The van der Waals surface area contributed by atoms with Gasteiger partial charge in [0, 0.05) is 18.2 Å². The maximum Gasteiger partial charge on any atom is 0.227 e. The molecule has 5 heteroatoms. The van der Waals surface area contributed by atoms with E-state index in [1.807, 2.05) is 24.3 Å². The summed E-state index contributed by atoms with van der Waals surface area (Å²) in [6.45, 7) is 4.99. The first-order valence-corrected chi connectivity index (χ1v) is 7.88. The highest BCUT2D eigenvalue weighted by atomic mass is 35.5. The number of para-hydroxylation sites is 1. The Kier molecular flexibility index (Phi) is 8.28. The lowest BCUT2D eigenvalue weighted by Crippen LogP contribution is -2.47. The SMILES string of the molecule is CCCN(C(=O)Cc1ccccc1OC)C1CCNCC1.Cl. The summed E-state index contributed by atoms with van der Waals surface area (Å²) < 4.78 is 5.35. The number of ether oxygens (including phenoxy) is 1. The van der Waals surface area contributed by atoms with Crippen molar-refractivity contribution >= 4 is 18.3 Å². The largest absolute Gasteiger partial charge is 0.496 e. The smallest absolute Gasteiger partial charge is 0.227 e. The number of hydrogen-bond donors (Lipinski definition) is 1. The van der Waals surface area contributed by atoms with Crippen LogP contribution in [0.3, 0.4) is 0 Å². The maximum atomic E-state index is 12.7. The summed E-state index contributed by atoms with van der Waals surface area (Å²) in [6.07, 6.45) is 3.53. The number of hydrogen-bond acceptors (Lipinski definition) is 3. The van der Waals surface area contributed by atoms with Crippen LogP contribution in [0.2, 0.25) is 0 Å². The maximum absolute atomic E-state index is 12.7. The lowest BCUT2D eigenvalue weighted by Gasteiger charge is -2.34. The topological polar surface area (TPSA) is 41.6 Å². The Balaban J connectivity index is 0.00000242. The van der Waals surface area contributed by atoms with Crippen molar-refractivity contribution in [2.75, 3.05) is 26.7 Å². The second-order valence-corrected chi connectivity index (χ2v) is 5.56. The van der Waals surface area contributed by atoms with Gasteiger partial charge in [0.15, 0.2) is 0 Å². The van der Waals surface area contributed by atoms with Gasteiger partial charge in [0.25, 0.3) is 0 Å². The van der Waals surface area contributed by atoms with Crippen LogP contribution >= 0.6 is 12.4 Å². The zero-order valence-electron chi connectivity index (χ0n) is 13.5. The molecule has 1 aliphatic rings. The van der Waals surface area contributed by atoms with Crippen LogP contribution in [0.25, 0.3) is 0 Å². The minimum atomic E-state index is 0. The van der Waals surface area contributed by atoms with Gasteiger partial charge in [-0.25, -0.2) is 0 Å². The van der Waals surface area contributed by atoms with Crippen LogP contribution in [-0.2, 0) is 11.2 Å². The van der Waals surface area contributed by atoms with E-state index in [9.17, 15) is 4.79 Å². The number of piperidine rings is 1. The summed E-state index contributed by atoms with van der Waals surface area (Å²) >= 11 is 0. The quantitative estimate of drug-likeness (QED) is 0.874. The summed E-state index contributed by atoms with van der Waals surface area (Å²) in [5.74, 6) is 1.01. The second-order valence-electron chi connectivity index (χ2n) is 5.56. The zero-order valence-corrected chi connectivity index (χ0v) is 14.3. The van der Waals surface area contributed by atoms with Crippen molar-refractivity contribution in [2.24, 2.45) is 0 Å². The lowest BCUT2D eigenvalue weighted by molar-refractivity contribution is -0.133. The van der Waals surface area contributed by atoms with Crippen LogP contribution in [-0.4, -0.2) is 43.6 Å². The molecule has 0 radical (unpaired) electrons. The molecule has 1 heterocycles. The Morgan fingerprint density at radius 1 is 1.32 bits per heavy atom. The molecule has 1 aliphatic heterocycles. The highest BCUT2D eigenvalue weighted by molar-refractivity contribution is 5.85. The molecule has 0 atom stereocenters. The normalized spacial score (nSPS) is 15.0. The summed E-state index contributed by atoms with van der Waals surface area (Å²) in [5, 5.41) is 3.36. The van der Waals surface area contributed by atoms with Crippen molar-refractivity contribution in [3.05, 3.63) is 29.8 Å². The van der Waals surface area contributed by atoms with E-state index in [2.05, 4.69) is 17.1 Å². The molecule has 1 aromatic rings. The van der Waals surface area contributed by atoms with E-state index < -0.39 is 0 Å². The lowest BCUT2D eigenvalue weighted by atomic mass is 10.0. The fourth-order valence-corrected chi connectivity index (χ4v) is 2.98. The molecule has 124 valence electrons. The summed E-state index contributed by atoms with van der Waals surface area (Å²) in [6, 6.07) is 8.16. The van der Waals surface area contributed by atoms with Gasteiger partial charge in [-0.3, -0.25) is 4.79 Å². The van der Waals surface area contributed by atoms with Gasteiger partial charge < -0.3 is 15.0 Å². The Hall–Kier alpha value is -1.26. The minimum Gasteiger partial charge on any atom is -0.496 e. The monoisotopic (exact) mass is 326 g/mol. The van der Waals surface area contributed by atoms with E-state index in [0.29, 0.717) is 12.5 Å². The van der Waals surface area contributed by atoms with Gasteiger partial charge in [0.1, 0.15) is 5.75 Å². The van der Waals surface area contributed by atoms with Crippen LogP contribution in [0.4, 0.5) is 0 Å². The number of benzene rings is 1. The number of nitrogens with zero attached hydrogens (tertiary/aromatic N) is 1. The third-order valence-electron chi connectivity index (χ3n) is 4.07. The third kappa shape index (κ3) is 4.89. The minimum absolute atomic E-state index is 0. The van der Waals surface area contributed by atoms with Gasteiger partial charge in [0.05, 0.1) is 13.5 Å². The van der Waals surface area contributed by atoms with E-state index in [1.165, 1.54) is 0 Å². The molecule has 1 saturated heterocycles. The molecule has 1 aromatic carbocycles. The van der Waals surface area contributed by atoms with Gasteiger partial charge in [-0.15, -0.1) is 12.4 Å². The molecule has 0 bridgehead atoms. The van der Waals surface area contributed by atoms with Gasteiger partial charge in [-0.05, 0) is 38.4 Å². The van der Waals surface area contributed by atoms with Crippen LogP contribution in [0.1, 0.15) is 31.7 Å². The van der Waals surface area contributed by atoms with Gasteiger partial charge in [0.2, 0.25) is 5.91 Å². The molecule has 0 saturated carbocycles. The molecule has 0 aromatic heterocycles. The standard InChI is InChI=1S/C17H26N2O2.ClH/c1-3-12-19(15-8-10-18-11-9-15)17(20)13-14-6-4-5-7-16(14)21-2;/h4-7,15,18H,3,8-13H2,1-2H3;1H. The number of carbonyl (C=O) groups excluding carboxylic acids is 1. The van der Waals surface area contributed by atoms with Crippen molar-refractivity contribution in [1.82, 2.24) is 10.2 Å². The number of halogens is 1. The Morgan fingerprint density at radius 2 is 2.00 bits per heavy atom. The predicted molar refractivity (Wildman–Crippen MR) is 91.8 cm³/mol. The van der Waals surface area contributed by atoms with Gasteiger partial charge in [-0.1, -0.05) is 25.1 Å². The van der Waals surface area contributed by atoms with E-state index in [1.54, 1.807) is 7.11 Å². The molecule has 0 spiro atoms. The van der Waals surface area contributed by atoms with E-state index in [4.69, 9.17) is 4.74 Å². The van der Waals surface area contributed by atoms with Crippen LogP contribution in [0.15, 0.2) is 24.3 Å². The summed E-state index contributed by atoms with van der Waals surface area (Å²) in [4.78, 5) is 14.8. The molecule has 4 nitrogen and oxygen atoms in total. The molecule has 1 N–H and O–H groups in total. The molecule has 1 fully saturated rings. The summed E-state index contributed by atoms with van der Waals surface area (Å²) in [5.41, 5.74) is 0.972. The van der Waals surface area contributed by atoms with Crippen molar-refractivity contribution in [3.63, 3.8) is 0 Å². The Bertz CT molecular complexity index is 462. The first kappa shape index (κ1) is 18.8. The summed E-state index contributed by atoms with van der Waals surface area (Å²) in [7, 11) is 1.65. The number of amides is 1. The van der Waals surface area contributed by atoms with E-state index >= 15 is 0 Å². The van der Waals surface area contributed by atoms with Crippen LogP contribution in [0, 0.1) is 0 Å². The fourth-order valence-electron chi connectivity index (χ4n) is 2.98. The van der Waals surface area contributed by atoms with Crippen molar-refractivity contribution in [3.8, 4) is 5.75 Å². The number of methoxy groups -OCH3 is 1. The fraction of sp³-hybridized carbons (Fsp3) is 0.588. The predicted octanol–water partition coefficient (Wildman–Crippen LogP) is 2.65. The van der Waals surface area contributed by atoms with E-state index in [0.717, 1.165) is 50.2 Å².